The molecular weight excluding hydrogens is 276 g/mol. The molecule has 0 spiro atoms. The van der Waals surface area contributed by atoms with E-state index in [1.807, 2.05) is 30.0 Å². The normalized spacial score (nSPS) is 21.2. The molecule has 1 unspecified atom stereocenters. The highest BCUT2D eigenvalue weighted by Crippen LogP contribution is 2.21. The molecule has 22 heavy (non-hydrogen) atoms. The molecule has 1 heterocycles. The first-order valence-corrected chi connectivity index (χ1v) is 7.86. The number of aliphatic hydroxyl groups excluding tert-OH is 1. The van der Waals surface area contributed by atoms with E-state index in [1.54, 1.807) is 0 Å². The van der Waals surface area contributed by atoms with Gasteiger partial charge in [0.05, 0.1) is 12.1 Å². The van der Waals surface area contributed by atoms with Gasteiger partial charge in [0.1, 0.15) is 0 Å². The number of rotatable bonds is 4. The maximum atomic E-state index is 12.6. The predicted molar refractivity (Wildman–Crippen MR) is 87.5 cm³/mol. The Kier molecular flexibility index (Phi) is 4.41. The van der Waals surface area contributed by atoms with Crippen molar-refractivity contribution < 1.29 is 9.90 Å². The largest absolute Gasteiger partial charge is 0.392 e. The number of nitrogens with one attached hydrogen (secondary N) is 1. The molecule has 116 valence electrons. The Labute approximate surface area is 130 Å². The van der Waals surface area contributed by atoms with Crippen molar-refractivity contribution in [1.29, 1.82) is 0 Å². The van der Waals surface area contributed by atoms with Gasteiger partial charge in [-0.05, 0) is 29.7 Å². The Balaban J connectivity index is 1.81. The first-order valence-electron chi connectivity index (χ1n) is 7.86. The van der Waals surface area contributed by atoms with E-state index in [9.17, 15) is 9.90 Å². The van der Waals surface area contributed by atoms with Crippen molar-refractivity contribution in [1.82, 2.24) is 10.2 Å². The molecule has 2 N–H and O–H groups in total. The van der Waals surface area contributed by atoms with Gasteiger partial charge in [0, 0.05) is 19.6 Å². The van der Waals surface area contributed by atoms with Crippen molar-refractivity contribution in [2.24, 2.45) is 0 Å². The molecule has 1 fully saturated rings. The summed E-state index contributed by atoms with van der Waals surface area (Å²) in [6, 6.07) is 14.2. The maximum Gasteiger partial charge on any atom is 0.240 e. The number of hydrogen-bond acceptors (Lipinski definition) is 3. The molecule has 1 saturated heterocycles. The Bertz CT molecular complexity index is 666. The standard InChI is InChI=1S/C18H22N2O2/c1-2-20(18(22)17-10-15(21)11-19-17)12-14-8-5-7-13-6-3-4-9-16(13)14/h3-9,15,17,19,21H,2,10-12H2,1H3/t15?,17-/m0/s1. The molecule has 3 rings (SSSR count). The number of nitrogens with zero attached hydrogens (tertiary/aromatic N) is 1. The van der Waals surface area contributed by atoms with Gasteiger partial charge in [-0.3, -0.25) is 4.79 Å². The van der Waals surface area contributed by atoms with Crippen LogP contribution < -0.4 is 5.32 Å². The van der Waals surface area contributed by atoms with Gasteiger partial charge in [-0.1, -0.05) is 42.5 Å². The van der Waals surface area contributed by atoms with Crippen LogP contribution in [0.4, 0.5) is 0 Å². The van der Waals surface area contributed by atoms with Crippen LogP contribution in [-0.2, 0) is 11.3 Å². The lowest BCUT2D eigenvalue weighted by Gasteiger charge is -2.25. The number of fused-ring (bicyclic) bond motifs is 1. The molecule has 4 heteroatoms. The summed E-state index contributed by atoms with van der Waals surface area (Å²) in [6.45, 7) is 3.76. The second-order valence-electron chi connectivity index (χ2n) is 5.84. The topological polar surface area (TPSA) is 52.6 Å². The number of carbonyl (C=O) groups excluding carboxylic acids is 1. The maximum absolute atomic E-state index is 12.6. The van der Waals surface area contributed by atoms with Gasteiger partial charge >= 0.3 is 0 Å². The summed E-state index contributed by atoms with van der Waals surface area (Å²) >= 11 is 0. The van der Waals surface area contributed by atoms with Crippen LogP contribution in [0.2, 0.25) is 0 Å². The highest BCUT2D eigenvalue weighted by molar-refractivity contribution is 5.87. The second kappa shape index (κ2) is 6.46. The van der Waals surface area contributed by atoms with Gasteiger partial charge in [0.15, 0.2) is 0 Å². The second-order valence-corrected chi connectivity index (χ2v) is 5.84. The molecule has 0 aromatic heterocycles. The van der Waals surface area contributed by atoms with Crippen molar-refractivity contribution in [3.05, 3.63) is 48.0 Å². The zero-order valence-corrected chi connectivity index (χ0v) is 12.8. The smallest absolute Gasteiger partial charge is 0.240 e. The fourth-order valence-electron chi connectivity index (χ4n) is 3.11. The van der Waals surface area contributed by atoms with Crippen LogP contribution >= 0.6 is 0 Å². The lowest BCUT2D eigenvalue weighted by atomic mass is 10.0. The molecule has 2 atom stereocenters. The third kappa shape index (κ3) is 2.98. The molecule has 1 amide bonds. The van der Waals surface area contributed by atoms with Crippen molar-refractivity contribution >= 4 is 16.7 Å². The molecule has 0 bridgehead atoms. The average Bonchev–Trinajstić information content (AvgIpc) is 2.98. The summed E-state index contributed by atoms with van der Waals surface area (Å²) in [5.74, 6) is 0.0759. The molecule has 4 nitrogen and oxygen atoms in total. The van der Waals surface area contributed by atoms with Gasteiger partial charge < -0.3 is 15.3 Å². The molecule has 0 aliphatic carbocycles. The van der Waals surface area contributed by atoms with E-state index >= 15 is 0 Å². The minimum absolute atomic E-state index is 0.0759. The summed E-state index contributed by atoms with van der Waals surface area (Å²) in [5.41, 5.74) is 1.16. The summed E-state index contributed by atoms with van der Waals surface area (Å²) in [6.07, 6.45) is 0.0930. The van der Waals surface area contributed by atoms with Crippen molar-refractivity contribution in [2.45, 2.75) is 32.0 Å². The van der Waals surface area contributed by atoms with E-state index in [-0.39, 0.29) is 11.9 Å². The number of aliphatic hydroxyl groups is 1. The Morgan fingerprint density at radius 2 is 2.05 bits per heavy atom. The fraction of sp³-hybridized carbons (Fsp3) is 0.389. The molecule has 1 aliphatic heterocycles. The number of likely N-dealkylation sites (N-methyl/N-ethyl adjacent to an activating group) is 1. The van der Waals surface area contributed by atoms with E-state index in [1.165, 1.54) is 10.8 Å². The van der Waals surface area contributed by atoms with E-state index in [0.29, 0.717) is 26.1 Å². The first kappa shape index (κ1) is 15.0. The Morgan fingerprint density at radius 1 is 1.27 bits per heavy atom. The van der Waals surface area contributed by atoms with Crippen molar-refractivity contribution in [2.75, 3.05) is 13.1 Å². The van der Waals surface area contributed by atoms with Crippen LogP contribution in [0.15, 0.2) is 42.5 Å². The van der Waals surface area contributed by atoms with Crippen LogP contribution in [0, 0.1) is 0 Å². The lowest BCUT2D eigenvalue weighted by Crippen LogP contribution is -2.43. The minimum Gasteiger partial charge on any atom is -0.392 e. The van der Waals surface area contributed by atoms with Gasteiger partial charge in [-0.25, -0.2) is 0 Å². The average molecular weight is 298 g/mol. The van der Waals surface area contributed by atoms with E-state index < -0.39 is 6.10 Å². The van der Waals surface area contributed by atoms with Gasteiger partial charge in [-0.2, -0.15) is 0 Å². The Morgan fingerprint density at radius 3 is 2.77 bits per heavy atom. The van der Waals surface area contributed by atoms with Gasteiger partial charge in [0.2, 0.25) is 5.91 Å². The van der Waals surface area contributed by atoms with Crippen LogP contribution in [0.3, 0.4) is 0 Å². The molecule has 2 aromatic carbocycles. The molecule has 2 aromatic rings. The zero-order valence-electron chi connectivity index (χ0n) is 12.8. The van der Waals surface area contributed by atoms with Gasteiger partial charge in [0.25, 0.3) is 0 Å². The third-order valence-electron chi connectivity index (χ3n) is 4.34. The van der Waals surface area contributed by atoms with Crippen LogP contribution in [-0.4, -0.2) is 41.1 Å². The van der Waals surface area contributed by atoms with Crippen LogP contribution in [0.1, 0.15) is 18.9 Å². The summed E-state index contributed by atoms with van der Waals surface area (Å²) in [7, 11) is 0. The van der Waals surface area contributed by atoms with E-state index in [4.69, 9.17) is 0 Å². The van der Waals surface area contributed by atoms with Gasteiger partial charge in [-0.15, -0.1) is 0 Å². The fourth-order valence-corrected chi connectivity index (χ4v) is 3.11. The number of amides is 1. The summed E-state index contributed by atoms with van der Waals surface area (Å²) in [4.78, 5) is 14.5. The van der Waals surface area contributed by atoms with Crippen molar-refractivity contribution in [3.63, 3.8) is 0 Å². The van der Waals surface area contributed by atoms with E-state index in [2.05, 4.69) is 29.6 Å². The Hall–Kier alpha value is -1.91. The monoisotopic (exact) mass is 298 g/mol. The molecule has 0 saturated carbocycles. The van der Waals surface area contributed by atoms with E-state index in [0.717, 1.165) is 5.56 Å². The number of β-amino-alcohol motifs (C(OH)–C–C–N with tert-alkyl or cyclic N) is 1. The lowest BCUT2D eigenvalue weighted by molar-refractivity contribution is -0.133. The third-order valence-corrected chi connectivity index (χ3v) is 4.34. The number of carbonyl (C=O) groups is 1. The number of benzene rings is 2. The highest BCUT2D eigenvalue weighted by atomic mass is 16.3. The summed E-state index contributed by atoms with van der Waals surface area (Å²) < 4.78 is 0. The molecular formula is C18H22N2O2. The number of hydrogen-bond donors (Lipinski definition) is 2. The summed E-state index contributed by atoms with van der Waals surface area (Å²) in [5, 5.41) is 15.1. The minimum atomic E-state index is -0.412. The molecule has 1 aliphatic rings. The quantitative estimate of drug-likeness (QED) is 0.906. The van der Waals surface area contributed by atoms with Crippen molar-refractivity contribution in [3.8, 4) is 0 Å². The predicted octanol–water partition coefficient (Wildman–Crippen LogP) is 1.91. The molecule has 0 radical (unpaired) electrons. The highest BCUT2D eigenvalue weighted by Gasteiger charge is 2.30. The SMILES string of the molecule is CCN(Cc1cccc2ccccc12)C(=O)[C@@H]1CC(O)CN1. The van der Waals surface area contributed by atoms with Crippen LogP contribution in [0.25, 0.3) is 10.8 Å². The zero-order chi connectivity index (χ0) is 15.5. The van der Waals surface area contributed by atoms with Crippen LogP contribution in [0.5, 0.6) is 0 Å². The first-order chi connectivity index (χ1) is 10.7.